The number of ether oxygens (including phenoxy) is 1. The van der Waals surface area contributed by atoms with Gasteiger partial charge in [0, 0.05) is 11.1 Å². The number of halogens is 2. The second-order valence-corrected chi connectivity index (χ2v) is 6.54. The number of H-pyrrole nitrogens is 1. The van der Waals surface area contributed by atoms with E-state index in [-0.39, 0.29) is 11.9 Å². The Bertz CT molecular complexity index is 889. The van der Waals surface area contributed by atoms with E-state index in [1.54, 1.807) is 12.1 Å². The first kappa shape index (κ1) is 17.5. The number of nitrogens with one attached hydrogen (secondary N) is 1. The summed E-state index contributed by atoms with van der Waals surface area (Å²) in [5.74, 6) is 0.427. The highest BCUT2D eigenvalue weighted by Gasteiger charge is 2.12. The van der Waals surface area contributed by atoms with E-state index in [0.717, 1.165) is 34.5 Å². The average molecular weight is 359 g/mol. The summed E-state index contributed by atoms with van der Waals surface area (Å²) in [7, 11) is 0. The summed E-state index contributed by atoms with van der Waals surface area (Å²) in [5.41, 5.74) is 4.41. The number of aromatic nitrogens is 2. The van der Waals surface area contributed by atoms with E-state index in [9.17, 15) is 4.39 Å². The predicted octanol–water partition coefficient (Wildman–Crippen LogP) is 5.89. The first-order valence-corrected chi connectivity index (χ1v) is 8.66. The predicted molar refractivity (Wildman–Crippen MR) is 99.6 cm³/mol. The number of aromatic amines is 1. The van der Waals surface area contributed by atoms with Crippen LogP contribution >= 0.6 is 11.6 Å². The maximum absolute atomic E-state index is 13.4. The van der Waals surface area contributed by atoms with Crippen molar-refractivity contribution in [2.75, 3.05) is 0 Å². The lowest BCUT2D eigenvalue weighted by Gasteiger charge is -2.11. The van der Waals surface area contributed by atoms with Crippen LogP contribution in [0, 0.1) is 5.82 Å². The van der Waals surface area contributed by atoms with Gasteiger partial charge in [-0.3, -0.25) is 5.10 Å². The molecule has 0 saturated carbocycles. The first-order chi connectivity index (χ1) is 12.0. The summed E-state index contributed by atoms with van der Waals surface area (Å²) in [6.07, 6.45) is 0.806. The third kappa shape index (κ3) is 3.85. The van der Waals surface area contributed by atoms with E-state index >= 15 is 0 Å². The smallest absolute Gasteiger partial charge is 0.138 e. The Morgan fingerprint density at radius 2 is 1.96 bits per heavy atom. The van der Waals surface area contributed by atoms with Gasteiger partial charge in [0.15, 0.2) is 0 Å². The van der Waals surface area contributed by atoms with Gasteiger partial charge in [-0.1, -0.05) is 18.5 Å². The number of aryl methyl sites for hydroxylation is 1. The molecule has 1 N–H and O–H groups in total. The topological polar surface area (TPSA) is 37.9 Å². The summed E-state index contributed by atoms with van der Waals surface area (Å²) in [6.45, 7) is 5.92. The Hall–Kier alpha value is -2.33. The molecule has 0 atom stereocenters. The fourth-order valence-corrected chi connectivity index (χ4v) is 2.96. The highest BCUT2D eigenvalue weighted by Crippen LogP contribution is 2.32. The number of nitrogens with zero attached hydrogens (tertiary/aromatic N) is 1. The minimum atomic E-state index is -0.229. The molecule has 3 aromatic rings. The van der Waals surface area contributed by atoms with Crippen molar-refractivity contribution < 1.29 is 9.13 Å². The van der Waals surface area contributed by atoms with Gasteiger partial charge in [-0.25, -0.2) is 4.39 Å². The van der Waals surface area contributed by atoms with E-state index in [2.05, 4.69) is 10.2 Å². The maximum atomic E-state index is 13.4. The van der Waals surface area contributed by atoms with Crippen LogP contribution in [0.2, 0.25) is 5.02 Å². The van der Waals surface area contributed by atoms with Crippen LogP contribution in [0.15, 0.2) is 42.5 Å². The first-order valence-electron chi connectivity index (χ1n) is 8.28. The normalized spacial score (nSPS) is 11.1. The van der Waals surface area contributed by atoms with Gasteiger partial charge >= 0.3 is 0 Å². The molecule has 1 aromatic heterocycles. The van der Waals surface area contributed by atoms with Crippen LogP contribution in [0.1, 0.15) is 26.3 Å². The average Bonchev–Trinajstić information content (AvgIpc) is 3.06. The molecule has 3 nitrogen and oxygen atoms in total. The zero-order chi connectivity index (χ0) is 18.0. The van der Waals surface area contributed by atoms with Gasteiger partial charge in [-0.2, -0.15) is 5.10 Å². The summed E-state index contributed by atoms with van der Waals surface area (Å²) in [5, 5.41) is 7.96. The van der Waals surface area contributed by atoms with Gasteiger partial charge in [0.25, 0.3) is 0 Å². The second-order valence-electron chi connectivity index (χ2n) is 6.13. The fraction of sp³-hybridized carbons (Fsp3) is 0.250. The molecule has 0 aliphatic heterocycles. The van der Waals surface area contributed by atoms with Crippen molar-refractivity contribution in [3.05, 3.63) is 58.9 Å². The highest BCUT2D eigenvalue weighted by molar-refractivity contribution is 6.32. The second kappa shape index (κ2) is 7.28. The molecule has 3 rings (SSSR count). The van der Waals surface area contributed by atoms with Crippen molar-refractivity contribution in [3.63, 3.8) is 0 Å². The molecule has 25 heavy (non-hydrogen) atoms. The van der Waals surface area contributed by atoms with Crippen LogP contribution in [0.4, 0.5) is 4.39 Å². The van der Waals surface area contributed by atoms with Crippen molar-refractivity contribution in [3.8, 4) is 28.3 Å². The minimum absolute atomic E-state index is 0.0614. The molecule has 0 fully saturated rings. The molecule has 0 aliphatic carbocycles. The van der Waals surface area contributed by atoms with Gasteiger partial charge in [0.2, 0.25) is 0 Å². The molecule has 0 amide bonds. The van der Waals surface area contributed by atoms with Gasteiger partial charge in [0.1, 0.15) is 11.6 Å². The molecular weight excluding hydrogens is 339 g/mol. The van der Waals surface area contributed by atoms with E-state index in [4.69, 9.17) is 16.3 Å². The lowest BCUT2D eigenvalue weighted by molar-refractivity contribution is 0.242. The van der Waals surface area contributed by atoms with Crippen molar-refractivity contribution >= 4 is 11.6 Å². The lowest BCUT2D eigenvalue weighted by Crippen LogP contribution is -2.05. The Morgan fingerprint density at radius 1 is 1.16 bits per heavy atom. The molecule has 0 unspecified atom stereocenters. The number of hydrogen-bond donors (Lipinski definition) is 1. The summed E-state index contributed by atoms with van der Waals surface area (Å²) < 4.78 is 19.1. The SMILES string of the molecule is CCc1cc(F)ccc1-c1cc(-c2ccc(OC(C)C)c(Cl)c2)n[nH]1. The quantitative estimate of drug-likeness (QED) is 0.617. The van der Waals surface area contributed by atoms with E-state index in [1.165, 1.54) is 6.07 Å². The molecule has 0 bridgehead atoms. The number of benzene rings is 2. The van der Waals surface area contributed by atoms with E-state index in [1.807, 2.05) is 45.0 Å². The van der Waals surface area contributed by atoms with E-state index in [0.29, 0.717) is 10.8 Å². The molecule has 0 aliphatic rings. The van der Waals surface area contributed by atoms with Gasteiger partial charge in [-0.15, -0.1) is 0 Å². The van der Waals surface area contributed by atoms with Crippen LogP contribution in [-0.4, -0.2) is 16.3 Å². The fourth-order valence-electron chi connectivity index (χ4n) is 2.73. The Kier molecular flexibility index (Phi) is 5.09. The highest BCUT2D eigenvalue weighted by atomic mass is 35.5. The minimum Gasteiger partial charge on any atom is -0.489 e. The summed E-state index contributed by atoms with van der Waals surface area (Å²) in [4.78, 5) is 0. The molecule has 130 valence electrons. The molecule has 2 aromatic carbocycles. The summed E-state index contributed by atoms with van der Waals surface area (Å²) in [6, 6.07) is 12.4. The summed E-state index contributed by atoms with van der Waals surface area (Å²) >= 11 is 6.31. The van der Waals surface area contributed by atoms with Gasteiger partial charge in [-0.05, 0) is 68.3 Å². The maximum Gasteiger partial charge on any atom is 0.138 e. The van der Waals surface area contributed by atoms with Crippen molar-refractivity contribution in [2.45, 2.75) is 33.3 Å². The van der Waals surface area contributed by atoms with Crippen molar-refractivity contribution in [2.24, 2.45) is 0 Å². The Morgan fingerprint density at radius 3 is 2.64 bits per heavy atom. The van der Waals surface area contributed by atoms with Crippen molar-refractivity contribution in [1.82, 2.24) is 10.2 Å². The number of rotatable bonds is 5. The zero-order valence-corrected chi connectivity index (χ0v) is 15.2. The molecule has 0 saturated heterocycles. The third-order valence-electron chi connectivity index (χ3n) is 3.91. The van der Waals surface area contributed by atoms with Crippen molar-refractivity contribution in [1.29, 1.82) is 0 Å². The molecular formula is C20H20ClFN2O. The number of hydrogen-bond acceptors (Lipinski definition) is 2. The van der Waals surface area contributed by atoms with Crippen LogP contribution < -0.4 is 4.74 Å². The lowest BCUT2D eigenvalue weighted by atomic mass is 10.0. The van der Waals surface area contributed by atoms with Crippen LogP contribution in [0.5, 0.6) is 5.75 Å². The molecule has 5 heteroatoms. The van der Waals surface area contributed by atoms with E-state index < -0.39 is 0 Å². The van der Waals surface area contributed by atoms with Gasteiger partial charge in [0.05, 0.1) is 22.5 Å². The molecule has 0 radical (unpaired) electrons. The van der Waals surface area contributed by atoms with Crippen LogP contribution in [0.3, 0.4) is 0 Å². The Labute approximate surface area is 151 Å². The molecule has 1 heterocycles. The largest absolute Gasteiger partial charge is 0.489 e. The monoisotopic (exact) mass is 358 g/mol. The molecule has 0 spiro atoms. The third-order valence-corrected chi connectivity index (χ3v) is 4.20. The zero-order valence-electron chi connectivity index (χ0n) is 14.4. The van der Waals surface area contributed by atoms with Crippen LogP contribution in [0.25, 0.3) is 22.5 Å². The Balaban J connectivity index is 1.93. The van der Waals surface area contributed by atoms with Crippen LogP contribution in [-0.2, 0) is 6.42 Å². The standard InChI is InChI=1S/C20H20ClFN2O/c1-4-13-9-15(22)6-7-16(13)19-11-18(23-24-19)14-5-8-20(17(21)10-14)25-12(2)3/h5-12H,4H2,1-3H3,(H,23,24). The van der Waals surface area contributed by atoms with Gasteiger partial charge < -0.3 is 4.74 Å².